The number of hydrogen-bond acceptors (Lipinski definition) is 5. The lowest BCUT2D eigenvalue weighted by Gasteiger charge is -2.32. The van der Waals surface area contributed by atoms with Crippen LogP contribution in [0, 0.1) is 0 Å². The first kappa shape index (κ1) is 16.3. The highest BCUT2D eigenvalue weighted by atomic mass is 32.1. The number of hydrogen-bond donors (Lipinski definition) is 3. The van der Waals surface area contributed by atoms with E-state index in [-0.39, 0.29) is 12.1 Å². The number of nitrogens with one attached hydrogen (secondary N) is 2. The van der Waals surface area contributed by atoms with Gasteiger partial charge in [-0.3, -0.25) is 0 Å². The average Bonchev–Trinajstić information content (AvgIpc) is 2.50. The molecule has 0 saturated carbocycles. The van der Waals surface area contributed by atoms with Gasteiger partial charge in [-0.25, -0.2) is 9.78 Å². The Kier molecular flexibility index (Phi) is 5.76. The molecule has 0 radical (unpaired) electrons. The highest BCUT2D eigenvalue weighted by Crippen LogP contribution is 2.15. The van der Waals surface area contributed by atoms with E-state index < -0.39 is 0 Å². The summed E-state index contributed by atoms with van der Waals surface area (Å²) in [5.41, 5.74) is 6.45. The molecule has 1 aromatic rings. The third kappa shape index (κ3) is 4.45. The van der Waals surface area contributed by atoms with Crippen LogP contribution in [0.15, 0.2) is 18.3 Å². The highest BCUT2D eigenvalue weighted by molar-refractivity contribution is 7.80. The van der Waals surface area contributed by atoms with E-state index in [1.807, 2.05) is 6.07 Å². The van der Waals surface area contributed by atoms with Crippen LogP contribution in [0.25, 0.3) is 0 Å². The number of nitrogens with zero attached hydrogens (tertiary/aromatic N) is 2. The smallest absolute Gasteiger partial charge is 0.409 e. The Morgan fingerprint density at radius 3 is 2.91 bits per heavy atom. The van der Waals surface area contributed by atoms with Crippen molar-refractivity contribution in [2.45, 2.75) is 25.8 Å². The number of aromatic nitrogens is 1. The Balaban J connectivity index is 1.77. The van der Waals surface area contributed by atoms with Crippen molar-refractivity contribution < 1.29 is 9.53 Å². The van der Waals surface area contributed by atoms with Gasteiger partial charge in [-0.05, 0) is 44.1 Å². The second kappa shape index (κ2) is 7.79. The van der Waals surface area contributed by atoms with Gasteiger partial charge in [0.25, 0.3) is 0 Å². The number of rotatable bonds is 3. The van der Waals surface area contributed by atoms with Gasteiger partial charge >= 0.3 is 6.09 Å². The van der Waals surface area contributed by atoms with Crippen molar-refractivity contribution >= 4 is 34.9 Å². The summed E-state index contributed by atoms with van der Waals surface area (Å²) in [4.78, 5) is 17.3. The summed E-state index contributed by atoms with van der Waals surface area (Å²) in [5, 5.41) is 6.79. The van der Waals surface area contributed by atoms with E-state index in [0.29, 0.717) is 36.3 Å². The molecule has 0 aromatic carbocycles. The minimum Gasteiger partial charge on any atom is -0.450 e. The van der Waals surface area contributed by atoms with Crippen LogP contribution in [0.4, 0.5) is 16.3 Å². The number of anilines is 2. The molecule has 1 aliphatic rings. The number of carbonyl (C=O) groups is 1. The number of thiocarbonyl (C=S) groups is 1. The van der Waals surface area contributed by atoms with Gasteiger partial charge in [-0.15, -0.1) is 0 Å². The molecule has 22 heavy (non-hydrogen) atoms. The molecule has 2 rings (SSSR count). The second-order valence-corrected chi connectivity index (χ2v) is 5.40. The molecule has 1 aliphatic heterocycles. The molecule has 1 aromatic heterocycles. The number of piperidine rings is 1. The van der Waals surface area contributed by atoms with Crippen molar-refractivity contribution in [3.63, 3.8) is 0 Å². The summed E-state index contributed by atoms with van der Waals surface area (Å²) >= 11 is 5.29. The first-order valence-corrected chi connectivity index (χ1v) is 7.70. The molecule has 0 bridgehead atoms. The largest absolute Gasteiger partial charge is 0.450 e. The van der Waals surface area contributed by atoms with Gasteiger partial charge in [0.05, 0.1) is 12.3 Å². The first-order valence-electron chi connectivity index (χ1n) is 7.30. The van der Waals surface area contributed by atoms with Crippen LogP contribution >= 0.6 is 12.2 Å². The van der Waals surface area contributed by atoms with Crippen molar-refractivity contribution in [1.29, 1.82) is 0 Å². The SMILES string of the molecule is CCOC(=O)N1CCC(NC(=S)Nc2cccnc2N)CC1. The minimum absolute atomic E-state index is 0.226. The zero-order valence-corrected chi connectivity index (χ0v) is 13.4. The van der Waals surface area contributed by atoms with Gasteiger partial charge in [0, 0.05) is 25.3 Å². The molecule has 4 N–H and O–H groups in total. The molecule has 0 unspecified atom stereocenters. The summed E-state index contributed by atoms with van der Waals surface area (Å²) in [5.74, 6) is 0.406. The van der Waals surface area contributed by atoms with E-state index in [9.17, 15) is 4.79 Å². The fourth-order valence-electron chi connectivity index (χ4n) is 2.29. The third-order valence-electron chi connectivity index (χ3n) is 3.44. The van der Waals surface area contributed by atoms with Crippen molar-refractivity contribution in [3.8, 4) is 0 Å². The zero-order chi connectivity index (χ0) is 15.9. The maximum atomic E-state index is 11.6. The van der Waals surface area contributed by atoms with E-state index in [4.69, 9.17) is 22.7 Å². The quantitative estimate of drug-likeness (QED) is 0.727. The van der Waals surface area contributed by atoms with E-state index in [1.54, 1.807) is 24.1 Å². The predicted molar refractivity (Wildman–Crippen MR) is 89.6 cm³/mol. The van der Waals surface area contributed by atoms with Crippen LogP contribution < -0.4 is 16.4 Å². The van der Waals surface area contributed by atoms with E-state index in [0.717, 1.165) is 12.8 Å². The summed E-state index contributed by atoms with van der Waals surface area (Å²) in [6, 6.07) is 3.84. The van der Waals surface area contributed by atoms with Gasteiger partial charge in [-0.2, -0.15) is 0 Å². The maximum Gasteiger partial charge on any atom is 0.409 e. The second-order valence-electron chi connectivity index (χ2n) is 4.99. The Morgan fingerprint density at radius 1 is 1.55 bits per heavy atom. The fraction of sp³-hybridized carbons (Fsp3) is 0.500. The number of nitrogens with two attached hydrogens (primary N) is 1. The van der Waals surface area contributed by atoms with Crippen LogP contribution in [-0.2, 0) is 4.74 Å². The lowest BCUT2D eigenvalue weighted by molar-refractivity contribution is 0.0964. The molecule has 1 saturated heterocycles. The van der Waals surface area contributed by atoms with Crippen molar-refractivity contribution in [1.82, 2.24) is 15.2 Å². The molecule has 0 spiro atoms. The Labute approximate surface area is 135 Å². The van der Waals surface area contributed by atoms with E-state index in [2.05, 4.69) is 15.6 Å². The van der Waals surface area contributed by atoms with Crippen molar-refractivity contribution in [2.24, 2.45) is 0 Å². The zero-order valence-electron chi connectivity index (χ0n) is 12.5. The van der Waals surface area contributed by atoms with E-state index >= 15 is 0 Å². The van der Waals surface area contributed by atoms with Crippen LogP contribution in [0.3, 0.4) is 0 Å². The average molecular weight is 323 g/mol. The number of amides is 1. The first-order chi connectivity index (χ1) is 10.6. The predicted octanol–water partition coefficient (Wildman–Crippen LogP) is 1.57. The number of nitrogen functional groups attached to an aromatic ring is 1. The monoisotopic (exact) mass is 323 g/mol. The van der Waals surface area contributed by atoms with Gasteiger partial charge in [0.1, 0.15) is 5.82 Å². The standard InChI is InChI=1S/C14H21N5O2S/c1-2-21-14(20)19-8-5-10(6-9-19)17-13(22)18-11-4-3-7-16-12(11)15/h3-4,7,10H,2,5-6,8-9H2,1H3,(H2,15,16)(H2,17,18,22). The molecule has 2 heterocycles. The van der Waals surface area contributed by atoms with Gasteiger partial charge < -0.3 is 26.0 Å². The number of likely N-dealkylation sites (tertiary alicyclic amines) is 1. The van der Waals surface area contributed by atoms with Crippen LogP contribution in [-0.4, -0.2) is 46.8 Å². The maximum absolute atomic E-state index is 11.6. The Hall–Kier alpha value is -2.09. The highest BCUT2D eigenvalue weighted by Gasteiger charge is 2.23. The third-order valence-corrected chi connectivity index (χ3v) is 3.66. The molecular formula is C14H21N5O2S. The van der Waals surface area contributed by atoms with Crippen LogP contribution in [0.5, 0.6) is 0 Å². The lowest BCUT2D eigenvalue weighted by atomic mass is 10.1. The molecule has 0 aliphatic carbocycles. The van der Waals surface area contributed by atoms with Crippen LogP contribution in [0.2, 0.25) is 0 Å². The Bertz CT molecular complexity index is 532. The van der Waals surface area contributed by atoms with Crippen molar-refractivity contribution in [2.75, 3.05) is 30.7 Å². The topological polar surface area (TPSA) is 92.5 Å². The van der Waals surface area contributed by atoms with E-state index in [1.165, 1.54) is 0 Å². The van der Waals surface area contributed by atoms with Gasteiger partial charge in [0.2, 0.25) is 0 Å². The molecule has 1 fully saturated rings. The summed E-state index contributed by atoms with van der Waals surface area (Å²) in [7, 11) is 0. The Morgan fingerprint density at radius 2 is 2.27 bits per heavy atom. The number of pyridine rings is 1. The molecule has 7 nitrogen and oxygen atoms in total. The van der Waals surface area contributed by atoms with Crippen LogP contribution in [0.1, 0.15) is 19.8 Å². The number of carbonyl (C=O) groups excluding carboxylic acids is 1. The fourth-order valence-corrected chi connectivity index (χ4v) is 2.56. The molecule has 0 atom stereocenters. The normalized spacial score (nSPS) is 15.2. The molecular weight excluding hydrogens is 302 g/mol. The summed E-state index contributed by atoms with van der Waals surface area (Å²) in [6.45, 7) is 3.53. The molecule has 8 heteroatoms. The molecule has 1 amide bonds. The minimum atomic E-state index is -0.246. The summed E-state index contributed by atoms with van der Waals surface area (Å²) < 4.78 is 5.00. The summed E-state index contributed by atoms with van der Waals surface area (Å²) in [6.07, 6.45) is 3.03. The van der Waals surface area contributed by atoms with Gasteiger partial charge in [0.15, 0.2) is 5.11 Å². The number of ether oxygens (including phenoxy) is 1. The molecule has 120 valence electrons. The lowest BCUT2D eigenvalue weighted by Crippen LogP contribution is -2.47. The van der Waals surface area contributed by atoms with Crippen molar-refractivity contribution in [3.05, 3.63) is 18.3 Å². The van der Waals surface area contributed by atoms with Gasteiger partial charge in [-0.1, -0.05) is 0 Å².